The molecular weight excluding hydrogens is 236 g/mol. The van der Waals surface area contributed by atoms with Crippen LogP contribution in [0.15, 0.2) is 0 Å². The molecule has 0 spiro atoms. The minimum absolute atomic E-state index is 0.712. The molecule has 1 amide bonds. The highest BCUT2D eigenvalue weighted by atomic mass is 19.3. The van der Waals surface area contributed by atoms with E-state index in [-0.39, 0.29) is 0 Å². The SMILES string of the molecule is CC1(C)[C@H](C(=O)O)[C@@H]1C(=O)NCC(F)(F)CO. The molecule has 0 saturated heterocycles. The summed E-state index contributed by atoms with van der Waals surface area (Å²) in [7, 11) is 0. The van der Waals surface area contributed by atoms with Gasteiger partial charge in [-0.3, -0.25) is 9.59 Å². The third-order valence-corrected chi connectivity index (χ3v) is 3.13. The van der Waals surface area contributed by atoms with Gasteiger partial charge in [-0.05, 0) is 5.41 Å². The Kier molecular flexibility index (Phi) is 3.42. The first-order chi connectivity index (χ1) is 7.63. The number of carbonyl (C=O) groups is 2. The average Bonchev–Trinajstić information content (AvgIpc) is 2.78. The third-order valence-electron chi connectivity index (χ3n) is 3.13. The number of aliphatic carboxylic acids is 1. The molecule has 0 heterocycles. The Hall–Kier alpha value is -1.24. The van der Waals surface area contributed by atoms with Gasteiger partial charge in [0.15, 0.2) is 0 Å². The van der Waals surface area contributed by atoms with Crippen molar-refractivity contribution in [1.82, 2.24) is 5.32 Å². The van der Waals surface area contributed by atoms with Crippen molar-refractivity contribution in [2.45, 2.75) is 19.8 Å². The topological polar surface area (TPSA) is 86.6 Å². The summed E-state index contributed by atoms with van der Waals surface area (Å²) in [5.74, 6) is -6.84. The van der Waals surface area contributed by atoms with E-state index in [2.05, 4.69) is 0 Å². The molecule has 1 aliphatic rings. The van der Waals surface area contributed by atoms with Crippen molar-refractivity contribution in [3.8, 4) is 0 Å². The van der Waals surface area contributed by atoms with Crippen LogP contribution in [0.5, 0.6) is 0 Å². The number of alkyl halides is 2. The van der Waals surface area contributed by atoms with Crippen LogP contribution in [-0.2, 0) is 9.59 Å². The number of rotatable bonds is 5. The predicted octanol–water partition coefficient (Wildman–Crippen LogP) is 0.0870. The Morgan fingerprint density at radius 3 is 2.24 bits per heavy atom. The van der Waals surface area contributed by atoms with Crippen LogP contribution in [0.1, 0.15) is 13.8 Å². The summed E-state index contributed by atoms with van der Waals surface area (Å²) < 4.78 is 25.3. The maximum Gasteiger partial charge on any atom is 0.307 e. The Labute approximate surface area is 96.8 Å². The molecule has 0 aromatic heterocycles. The standard InChI is InChI=1S/C10H15F2NO4/c1-9(2)5(6(9)8(16)17)7(15)13-3-10(11,12)4-14/h5-6,14H,3-4H2,1-2H3,(H,13,15)(H,16,17)/t5-,6+/m1/s1. The quantitative estimate of drug-likeness (QED) is 0.646. The monoisotopic (exact) mass is 251 g/mol. The second kappa shape index (κ2) is 4.21. The van der Waals surface area contributed by atoms with E-state index in [4.69, 9.17) is 10.2 Å². The van der Waals surface area contributed by atoms with Crippen LogP contribution in [0, 0.1) is 17.3 Å². The maximum absolute atomic E-state index is 12.7. The van der Waals surface area contributed by atoms with Crippen molar-refractivity contribution in [1.29, 1.82) is 0 Å². The van der Waals surface area contributed by atoms with Gasteiger partial charge in [0, 0.05) is 0 Å². The average molecular weight is 251 g/mol. The first kappa shape index (κ1) is 13.8. The van der Waals surface area contributed by atoms with Crippen LogP contribution < -0.4 is 5.32 Å². The van der Waals surface area contributed by atoms with Gasteiger partial charge in [-0.15, -0.1) is 0 Å². The number of hydrogen-bond donors (Lipinski definition) is 3. The molecule has 98 valence electrons. The number of carboxylic acids is 1. The molecule has 0 bridgehead atoms. The van der Waals surface area contributed by atoms with E-state index in [9.17, 15) is 18.4 Å². The van der Waals surface area contributed by atoms with E-state index in [1.807, 2.05) is 5.32 Å². The van der Waals surface area contributed by atoms with E-state index in [0.29, 0.717) is 0 Å². The van der Waals surface area contributed by atoms with Gasteiger partial charge in [-0.2, -0.15) is 0 Å². The van der Waals surface area contributed by atoms with E-state index in [1.165, 1.54) is 0 Å². The molecular formula is C10H15F2NO4. The maximum atomic E-state index is 12.7. The summed E-state index contributed by atoms with van der Waals surface area (Å²) in [6.45, 7) is 0.853. The number of amides is 1. The van der Waals surface area contributed by atoms with E-state index in [0.717, 1.165) is 0 Å². The predicted molar refractivity (Wildman–Crippen MR) is 53.4 cm³/mol. The fourth-order valence-corrected chi connectivity index (χ4v) is 1.97. The van der Waals surface area contributed by atoms with Gasteiger partial charge in [0.1, 0.15) is 6.61 Å². The summed E-state index contributed by atoms with van der Waals surface area (Å²) in [5.41, 5.74) is -0.718. The van der Waals surface area contributed by atoms with Crippen LogP contribution in [0.2, 0.25) is 0 Å². The highest BCUT2D eigenvalue weighted by Crippen LogP contribution is 2.58. The Bertz CT molecular complexity index is 343. The number of carbonyl (C=O) groups excluding carboxylic acids is 1. The van der Waals surface area contributed by atoms with Crippen LogP contribution in [-0.4, -0.2) is 41.2 Å². The summed E-state index contributed by atoms with van der Waals surface area (Å²) in [4.78, 5) is 22.3. The van der Waals surface area contributed by atoms with Crippen molar-refractivity contribution < 1.29 is 28.6 Å². The third kappa shape index (κ3) is 2.71. The van der Waals surface area contributed by atoms with Gasteiger partial charge in [0.2, 0.25) is 5.91 Å². The van der Waals surface area contributed by atoms with Crippen LogP contribution in [0.4, 0.5) is 8.78 Å². The van der Waals surface area contributed by atoms with Gasteiger partial charge in [-0.25, -0.2) is 8.78 Å². The Morgan fingerprint density at radius 2 is 1.88 bits per heavy atom. The lowest BCUT2D eigenvalue weighted by Crippen LogP contribution is -2.40. The van der Waals surface area contributed by atoms with Crippen molar-refractivity contribution in [2.24, 2.45) is 17.3 Å². The van der Waals surface area contributed by atoms with Gasteiger partial charge >= 0.3 is 5.97 Å². The van der Waals surface area contributed by atoms with Crippen molar-refractivity contribution in [3.63, 3.8) is 0 Å². The molecule has 1 fully saturated rings. The Morgan fingerprint density at radius 1 is 1.35 bits per heavy atom. The lowest BCUT2D eigenvalue weighted by Gasteiger charge is -2.14. The highest BCUT2D eigenvalue weighted by molar-refractivity contribution is 5.91. The summed E-state index contributed by atoms with van der Waals surface area (Å²) >= 11 is 0. The summed E-state index contributed by atoms with van der Waals surface area (Å²) in [6.07, 6.45) is 0. The molecule has 5 nitrogen and oxygen atoms in total. The van der Waals surface area contributed by atoms with Crippen molar-refractivity contribution >= 4 is 11.9 Å². The summed E-state index contributed by atoms with van der Waals surface area (Å²) in [5, 5.41) is 19.1. The number of halogens is 2. The summed E-state index contributed by atoms with van der Waals surface area (Å²) in [6, 6.07) is 0. The molecule has 1 aliphatic carbocycles. The van der Waals surface area contributed by atoms with Crippen molar-refractivity contribution in [3.05, 3.63) is 0 Å². The van der Waals surface area contributed by atoms with Gasteiger partial charge in [0.05, 0.1) is 18.4 Å². The molecule has 0 radical (unpaired) electrons. The molecule has 1 saturated carbocycles. The fraction of sp³-hybridized carbons (Fsp3) is 0.800. The Balaban J connectivity index is 2.54. The van der Waals surface area contributed by atoms with E-state index in [1.54, 1.807) is 13.8 Å². The molecule has 3 N–H and O–H groups in total. The second-order valence-corrected chi connectivity index (χ2v) is 4.85. The van der Waals surface area contributed by atoms with Crippen molar-refractivity contribution in [2.75, 3.05) is 13.2 Å². The van der Waals surface area contributed by atoms with E-state index >= 15 is 0 Å². The zero-order chi connectivity index (χ0) is 13.4. The molecule has 0 aromatic carbocycles. The molecule has 2 atom stereocenters. The molecule has 7 heteroatoms. The van der Waals surface area contributed by atoms with Crippen LogP contribution >= 0.6 is 0 Å². The second-order valence-electron chi connectivity index (χ2n) is 4.85. The van der Waals surface area contributed by atoms with E-state index < -0.39 is 48.2 Å². The zero-order valence-electron chi connectivity index (χ0n) is 9.54. The van der Waals surface area contributed by atoms with Gasteiger partial charge in [-0.1, -0.05) is 13.8 Å². The number of hydrogen-bond acceptors (Lipinski definition) is 3. The largest absolute Gasteiger partial charge is 0.481 e. The lowest BCUT2D eigenvalue weighted by atomic mass is 10.1. The first-order valence-corrected chi connectivity index (χ1v) is 5.12. The van der Waals surface area contributed by atoms with Gasteiger partial charge < -0.3 is 15.5 Å². The zero-order valence-corrected chi connectivity index (χ0v) is 9.54. The first-order valence-electron chi connectivity index (χ1n) is 5.12. The van der Waals surface area contributed by atoms with Gasteiger partial charge in [0.25, 0.3) is 5.92 Å². The fourth-order valence-electron chi connectivity index (χ4n) is 1.97. The molecule has 0 unspecified atom stereocenters. The molecule has 0 aliphatic heterocycles. The lowest BCUT2D eigenvalue weighted by molar-refractivity contribution is -0.140. The number of carboxylic acid groups (broad SMARTS) is 1. The highest BCUT2D eigenvalue weighted by Gasteiger charge is 2.65. The van der Waals surface area contributed by atoms with Crippen LogP contribution in [0.3, 0.4) is 0 Å². The molecule has 0 aromatic rings. The molecule has 1 rings (SSSR count). The molecule has 17 heavy (non-hydrogen) atoms. The smallest absolute Gasteiger partial charge is 0.307 e. The minimum atomic E-state index is -3.38. The minimum Gasteiger partial charge on any atom is -0.481 e. The normalized spacial score (nSPS) is 26.4. The number of aliphatic hydroxyl groups excluding tert-OH is 1. The number of aliphatic hydroxyl groups is 1. The van der Waals surface area contributed by atoms with Crippen LogP contribution in [0.25, 0.3) is 0 Å². The number of nitrogens with one attached hydrogen (secondary N) is 1.